The summed E-state index contributed by atoms with van der Waals surface area (Å²) in [6.45, 7) is 4.80. The van der Waals surface area contributed by atoms with Crippen LogP contribution < -0.4 is 5.73 Å². The highest BCUT2D eigenvalue weighted by molar-refractivity contribution is 5.36. The predicted molar refractivity (Wildman–Crippen MR) is 52.5 cm³/mol. The topological polar surface area (TPSA) is 35.2 Å². The van der Waals surface area contributed by atoms with Crippen molar-refractivity contribution in [1.82, 2.24) is 0 Å². The van der Waals surface area contributed by atoms with Crippen molar-refractivity contribution in [3.05, 3.63) is 34.9 Å². The van der Waals surface area contributed by atoms with E-state index in [2.05, 4.69) is 32.0 Å². The Morgan fingerprint density at radius 2 is 2.15 bits per heavy atom. The van der Waals surface area contributed by atoms with E-state index in [1.807, 2.05) is 0 Å². The molecule has 13 heavy (non-hydrogen) atoms. The summed E-state index contributed by atoms with van der Waals surface area (Å²) in [6, 6.07) is 6.44. The largest absolute Gasteiger partial charge is 0.372 e. The van der Waals surface area contributed by atoms with Crippen molar-refractivity contribution in [3.8, 4) is 0 Å². The first-order chi connectivity index (χ1) is 6.18. The zero-order chi connectivity index (χ0) is 9.42. The normalized spacial score (nSPS) is 27.0. The molecule has 0 fully saturated rings. The maximum Gasteiger partial charge on any atom is 0.0801 e. The molecule has 1 aromatic rings. The van der Waals surface area contributed by atoms with E-state index in [-0.39, 0.29) is 12.1 Å². The van der Waals surface area contributed by atoms with Crippen molar-refractivity contribution in [2.75, 3.05) is 6.61 Å². The minimum atomic E-state index is 0.0473. The van der Waals surface area contributed by atoms with Crippen molar-refractivity contribution in [2.24, 2.45) is 5.73 Å². The average Bonchev–Trinajstić information content (AvgIpc) is 2.12. The third-order valence-corrected chi connectivity index (χ3v) is 2.61. The molecular formula is C11H15NO. The molecule has 2 nitrogen and oxygen atoms in total. The Kier molecular flexibility index (Phi) is 2.10. The molecule has 0 bridgehead atoms. The van der Waals surface area contributed by atoms with Crippen molar-refractivity contribution < 1.29 is 4.74 Å². The monoisotopic (exact) mass is 177 g/mol. The van der Waals surface area contributed by atoms with Crippen LogP contribution in [0.5, 0.6) is 0 Å². The minimum Gasteiger partial charge on any atom is -0.372 e. The zero-order valence-electron chi connectivity index (χ0n) is 8.08. The van der Waals surface area contributed by atoms with Crippen LogP contribution in [0.3, 0.4) is 0 Å². The van der Waals surface area contributed by atoms with Crippen LogP contribution in [0.1, 0.15) is 35.8 Å². The molecule has 0 spiro atoms. The average molecular weight is 177 g/mol. The molecule has 0 aliphatic carbocycles. The lowest BCUT2D eigenvalue weighted by molar-refractivity contribution is 0.0407. The molecule has 2 atom stereocenters. The Bertz CT molecular complexity index is 322. The highest BCUT2D eigenvalue weighted by Gasteiger charge is 2.22. The summed E-state index contributed by atoms with van der Waals surface area (Å²) in [5.41, 5.74) is 9.71. The van der Waals surface area contributed by atoms with Crippen LogP contribution >= 0.6 is 0 Å². The quantitative estimate of drug-likeness (QED) is 0.658. The van der Waals surface area contributed by atoms with E-state index >= 15 is 0 Å². The first-order valence-corrected chi connectivity index (χ1v) is 4.66. The SMILES string of the molecule is Cc1ccc2c(c1)[C@H](N)CO[C@@H]2C. The van der Waals surface area contributed by atoms with E-state index in [4.69, 9.17) is 10.5 Å². The van der Waals surface area contributed by atoms with Gasteiger partial charge in [0, 0.05) is 0 Å². The van der Waals surface area contributed by atoms with Gasteiger partial charge in [-0.1, -0.05) is 23.8 Å². The fourth-order valence-electron chi connectivity index (χ4n) is 1.81. The van der Waals surface area contributed by atoms with E-state index in [9.17, 15) is 0 Å². The second-order valence-electron chi connectivity index (χ2n) is 3.71. The molecule has 70 valence electrons. The second-order valence-corrected chi connectivity index (χ2v) is 3.71. The van der Waals surface area contributed by atoms with Gasteiger partial charge >= 0.3 is 0 Å². The number of aryl methyl sites for hydroxylation is 1. The van der Waals surface area contributed by atoms with Crippen molar-refractivity contribution >= 4 is 0 Å². The Morgan fingerprint density at radius 3 is 2.92 bits per heavy atom. The lowest BCUT2D eigenvalue weighted by Gasteiger charge is -2.28. The molecule has 2 rings (SSSR count). The van der Waals surface area contributed by atoms with Crippen LogP contribution in [-0.4, -0.2) is 6.61 Å². The Morgan fingerprint density at radius 1 is 1.38 bits per heavy atom. The first kappa shape index (κ1) is 8.73. The fourth-order valence-corrected chi connectivity index (χ4v) is 1.81. The summed E-state index contributed by atoms with van der Waals surface area (Å²) < 4.78 is 5.53. The molecule has 0 saturated heterocycles. The van der Waals surface area contributed by atoms with Gasteiger partial charge in [-0.3, -0.25) is 0 Å². The van der Waals surface area contributed by atoms with E-state index in [1.54, 1.807) is 0 Å². The number of ether oxygens (including phenoxy) is 1. The summed E-state index contributed by atoms with van der Waals surface area (Å²) >= 11 is 0. The summed E-state index contributed by atoms with van der Waals surface area (Å²) in [6.07, 6.45) is 0.190. The molecule has 1 aliphatic rings. The molecular weight excluding hydrogens is 162 g/mol. The number of fused-ring (bicyclic) bond motifs is 1. The molecule has 0 amide bonds. The van der Waals surface area contributed by atoms with Gasteiger partial charge in [-0.15, -0.1) is 0 Å². The van der Waals surface area contributed by atoms with E-state index in [0.717, 1.165) is 0 Å². The van der Waals surface area contributed by atoms with Crippen LogP contribution in [0.4, 0.5) is 0 Å². The number of benzene rings is 1. The van der Waals surface area contributed by atoms with E-state index in [1.165, 1.54) is 16.7 Å². The van der Waals surface area contributed by atoms with Gasteiger partial charge in [-0.05, 0) is 25.0 Å². The van der Waals surface area contributed by atoms with Gasteiger partial charge in [0.05, 0.1) is 18.8 Å². The van der Waals surface area contributed by atoms with Gasteiger partial charge in [-0.25, -0.2) is 0 Å². The Labute approximate surface area is 78.7 Å². The summed E-state index contributed by atoms with van der Waals surface area (Å²) in [5.74, 6) is 0. The Hall–Kier alpha value is -0.860. The number of hydrogen-bond acceptors (Lipinski definition) is 2. The molecule has 2 N–H and O–H groups in total. The van der Waals surface area contributed by atoms with Crippen molar-refractivity contribution in [2.45, 2.75) is 26.0 Å². The lowest BCUT2D eigenvalue weighted by atomic mass is 9.94. The highest BCUT2D eigenvalue weighted by atomic mass is 16.5. The van der Waals surface area contributed by atoms with Crippen molar-refractivity contribution in [1.29, 1.82) is 0 Å². The molecule has 0 saturated carbocycles. The van der Waals surface area contributed by atoms with Gasteiger partial charge in [0.25, 0.3) is 0 Å². The molecule has 1 heterocycles. The van der Waals surface area contributed by atoms with E-state index < -0.39 is 0 Å². The summed E-state index contributed by atoms with van der Waals surface area (Å²) in [7, 11) is 0. The Balaban J connectivity index is 2.50. The molecule has 0 unspecified atom stereocenters. The van der Waals surface area contributed by atoms with Crippen LogP contribution in [0.2, 0.25) is 0 Å². The third kappa shape index (κ3) is 1.47. The standard InChI is InChI=1S/C11H15NO/c1-7-3-4-9-8(2)13-6-11(12)10(9)5-7/h3-5,8,11H,6,12H2,1-2H3/t8-,11-/m1/s1. The smallest absolute Gasteiger partial charge is 0.0801 e. The van der Waals surface area contributed by atoms with Gasteiger partial charge in [0.15, 0.2) is 0 Å². The van der Waals surface area contributed by atoms with Crippen LogP contribution in [0, 0.1) is 6.92 Å². The lowest BCUT2D eigenvalue weighted by Crippen LogP contribution is -2.25. The maximum atomic E-state index is 5.95. The zero-order valence-corrected chi connectivity index (χ0v) is 8.08. The second kappa shape index (κ2) is 3.13. The van der Waals surface area contributed by atoms with Gasteiger partial charge < -0.3 is 10.5 Å². The van der Waals surface area contributed by atoms with Gasteiger partial charge in [0.1, 0.15) is 0 Å². The van der Waals surface area contributed by atoms with Gasteiger partial charge in [-0.2, -0.15) is 0 Å². The maximum absolute atomic E-state index is 5.95. The summed E-state index contributed by atoms with van der Waals surface area (Å²) in [5, 5.41) is 0. The van der Waals surface area contributed by atoms with Crippen LogP contribution in [0.25, 0.3) is 0 Å². The third-order valence-electron chi connectivity index (χ3n) is 2.61. The minimum absolute atomic E-state index is 0.0473. The fraction of sp³-hybridized carbons (Fsp3) is 0.455. The van der Waals surface area contributed by atoms with Gasteiger partial charge in [0.2, 0.25) is 0 Å². The van der Waals surface area contributed by atoms with Crippen molar-refractivity contribution in [3.63, 3.8) is 0 Å². The highest BCUT2D eigenvalue weighted by Crippen LogP contribution is 2.31. The first-order valence-electron chi connectivity index (χ1n) is 4.66. The summed E-state index contributed by atoms with van der Waals surface area (Å²) in [4.78, 5) is 0. The predicted octanol–water partition coefficient (Wildman–Crippen LogP) is 2.09. The molecule has 1 aliphatic heterocycles. The number of hydrogen-bond donors (Lipinski definition) is 1. The number of nitrogens with two attached hydrogens (primary N) is 1. The molecule has 0 radical (unpaired) electrons. The molecule has 0 aromatic heterocycles. The van der Waals surface area contributed by atoms with Crippen LogP contribution in [-0.2, 0) is 4.74 Å². The van der Waals surface area contributed by atoms with Crippen LogP contribution in [0.15, 0.2) is 18.2 Å². The number of rotatable bonds is 0. The van der Waals surface area contributed by atoms with E-state index in [0.29, 0.717) is 6.61 Å². The molecule has 1 aromatic carbocycles. The molecule has 2 heteroatoms.